The molecule has 4 N–H and O–H groups in total. The molecule has 0 spiro atoms. The molecule has 0 bridgehead atoms. The lowest BCUT2D eigenvalue weighted by Crippen LogP contribution is -2.57. The van der Waals surface area contributed by atoms with E-state index in [-0.39, 0.29) is 19.0 Å². The van der Waals surface area contributed by atoms with Crippen LogP contribution in [-0.4, -0.2) is 70.6 Å². The van der Waals surface area contributed by atoms with Crippen LogP contribution in [0.4, 0.5) is 9.59 Å². The fraction of sp³-hybridized carbons (Fsp3) is 0.412. The largest absolute Gasteiger partial charge is 0.453 e. The van der Waals surface area contributed by atoms with Gasteiger partial charge in [0.05, 0.1) is 24.9 Å². The van der Waals surface area contributed by atoms with Crippen LogP contribution in [0.3, 0.4) is 0 Å². The molecule has 242 valence electrons. The topological polar surface area (TPSA) is 142 Å². The number of aromatic nitrogens is 1. The third-order valence-corrected chi connectivity index (χ3v) is 6.84. The van der Waals surface area contributed by atoms with Gasteiger partial charge in [-0.05, 0) is 56.4 Å². The van der Waals surface area contributed by atoms with Gasteiger partial charge in [-0.3, -0.25) is 15.2 Å². The number of amides is 3. The normalized spacial score (nSPS) is 13.4. The van der Waals surface area contributed by atoms with Crippen molar-refractivity contribution in [3.63, 3.8) is 0 Å². The summed E-state index contributed by atoms with van der Waals surface area (Å²) in [6.07, 6.45) is -0.473. The quantitative estimate of drug-likeness (QED) is 0.206. The SMILES string of the molecule is COC(=O)N[C@H](C(=O)NN(Cc1ccc(-c2ccccn2)cc1)C[C@H](O)[C@H](Cc1ccccc1)NC(=O)OC(C)(C)C)C(C)C. The highest BCUT2D eigenvalue weighted by atomic mass is 16.6. The second-order valence-electron chi connectivity index (χ2n) is 12.1. The maximum absolute atomic E-state index is 13.4. The third-order valence-electron chi connectivity index (χ3n) is 6.84. The predicted molar refractivity (Wildman–Crippen MR) is 172 cm³/mol. The lowest BCUT2D eigenvalue weighted by atomic mass is 10.0. The molecule has 2 aromatic carbocycles. The molecule has 0 saturated carbocycles. The zero-order chi connectivity index (χ0) is 33.0. The van der Waals surface area contributed by atoms with E-state index in [1.807, 2.05) is 72.8 Å². The summed E-state index contributed by atoms with van der Waals surface area (Å²) in [6.45, 7) is 9.06. The standard InChI is InChI=1S/C34H45N5O6/c1-23(2)30(37-32(42)44-6)31(41)38-39(21-25-15-17-26(18-16-25)27-14-10-11-19-35-27)22-29(40)28(20-24-12-8-7-9-13-24)36-33(43)45-34(3,4)5/h7-19,23,28-30,40H,20-22H2,1-6H3,(H,36,43)(H,37,42)(H,38,41)/t28-,29-,30-/m0/s1. The Bertz CT molecular complexity index is 1360. The van der Waals surface area contributed by atoms with Crippen molar-refractivity contribution in [1.82, 2.24) is 26.1 Å². The minimum atomic E-state index is -1.13. The number of aliphatic hydroxyl groups is 1. The highest BCUT2D eigenvalue weighted by Gasteiger charge is 2.30. The molecule has 3 rings (SSSR count). The van der Waals surface area contributed by atoms with E-state index < -0.39 is 41.9 Å². The van der Waals surface area contributed by atoms with Crippen molar-refractivity contribution < 1.29 is 29.0 Å². The van der Waals surface area contributed by atoms with E-state index in [0.29, 0.717) is 6.42 Å². The van der Waals surface area contributed by atoms with Crippen LogP contribution in [0.25, 0.3) is 11.3 Å². The van der Waals surface area contributed by atoms with Gasteiger partial charge in [0.1, 0.15) is 11.6 Å². The van der Waals surface area contributed by atoms with Gasteiger partial charge in [0.2, 0.25) is 0 Å². The van der Waals surface area contributed by atoms with Gasteiger partial charge in [-0.1, -0.05) is 74.5 Å². The van der Waals surface area contributed by atoms with Crippen LogP contribution in [0.1, 0.15) is 45.7 Å². The van der Waals surface area contributed by atoms with E-state index in [0.717, 1.165) is 22.4 Å². The van der Waals surface area contributed by atoms with Gasteiger partial charge in [-0.2, -0.15) is 0 Å². The number of hydrazine groups is 1. The Hall–Kier alpha value is -4.48. The molecule has 0 saturated heterocycles. The van der Waals surface area contributed by atoms with Crippen molar-refractivity contribution in [2.75, 3.05) is 13.7 Å². The smallest absolute Gasteiger partial charge is 0.407 e. The first-order valence-electron chi connectivity index (χ1n) is 15.0. The van der Waals surface area contributed by atoms with E-state index in [4.69, 9.17) is 9.47 Å². The van der Waals surface area contributed by atoms with Crippen molar-refractivity contribution in [3.8, 4) is 11.3 Å². The number of rotatable bonds is 13. The number of nitrogens with zero attached hydrogens (tertiary/aromatic N) is 2. The Morgan fingerprint density at radius 2 is 1.56 bits per heavy atom. The Kier molecular flexibility index (Phi) is 12.9. The Morgan fingerprint density at radius 1 is 0.889 bits per heavy atom. The molecule has 0 aliphatic carbocycles. The molecule has 3 aromatic rings. The molecule has 3 atom stereocenters. The lowest BCUT2D eigenvalue weighted by molar-refractivity contribution is -0.130. The molecular weight excluding hydrogens is 574 g/mol. The van der Waals surface area contributed by atoms with Gasteiger partial charge < -0.3 is 25.2 Å². The van der Waals surface area contributed by atoms with Crippen LogP contribution >= 0.6 is 0 Å². The van der Waals surface area contributed by atoms with Crippen molar-refractivity contribution in [2.24, 2.45) is 5.92 Å². The fourth-order valence-electron chi connectivity index (χ4n) is 4.59. The van der Waals surface area contributed by atoms with Crippen molar-refractivity contribution >= 4 is 18.1 Å². The van der Waals surface area contributed by atoms with E-state index in [1.165, 1.54) is 7.11 Å². The number of nitrogens with one attached hydrogen (secondary N) is 3. The first kappa shape index (κ1) is 35.0. The molecule has 1 aromatic heterocycles. The minimum Gasteiger partial charge on any atom is -0.453 e. The number of pyridine rings is 1. The second-order valence-corrected chi connectivity index (χ2v) is 12.1. The molecule has 0 aliphatic rings. The summed E-state index contributed by atoms with van der Waals surface area (Å²) in [5.74, 6) is -0.736. The number of hydrogen-bond donors (Lipinski definition) is 4. The van der Waals surface area contributed by atoms with Crippen LogP contribution in [0, 0.1) is 5.92 Å². The molecular formula is C34H45N5O6. The van der Waals surface area contributed by atoms with Gasteiger partial charge >= 0.3 is 12.2 Å². The first-order valence-corrected chi connectivity index (χ1v) is 15.0. The van der Waals surface area contributed by atoms with Crippen molar-refractivity contribution in [1.29, 1.82) is 0 Å². The van der Waals surface area contributed by atoms with Crippen molar-refractivity contribution in [3.05, 3.63) is 90.1 Å². The van der Waals surface area contributed by atoms with Gasteiger partial charge in [-0.25, -0.2) is 14.6 Å². The van der Waals surface area contributed by atoms with E-state index in [2.05, 4.69) is 21.0 Å². The fourth-order valence-corrected chi connectivity index (χ4v) is 4.59. The summed E-state index contributed by atoms with van der Waals surface area (Å²) in [7, 11) is 1.23. The minimum absolute atomic E-state index is 0.0515. The van der Waals surface area contributed by atoms with Crippen molar-refractivity contribution in [2.45, 2.75) is 71.4 Å². The number of carbonyl (C=O) groups excluding carboxylic acids is 3. The van der Waals surface area contributed by atoms with E-state index in [1.54, 1.807) is 45.8 Å². The number of aliphatic hydroxyl groups excluding tert-OH is 1. The van der Waals surface area contributed by atoms with E-state index in [9.17, 15) is 19.5 Å². The maximum Gasteiger partial charge on any atom is 0.407 e. The van der Waals surface area contributed by atoms with Crippen LogP contribution in [0.2, 0.25) is 0 Å². The number of methoxy groups -OCH3 is 1. The monoisotopic (exact) mass is 619 g/mol. The third kappa shape index (κ3) is 11.8. The first-order chi connectivity index (χ1) is 21.3. The zero-order valence-electron chi connectivity index (χ0n) is 26.8. The Morgan fingerprint density at radius 3 is 2.13 bits per heavy atom. The average molecular weight is 620 g/mol. The van der Waals surface area contributed by atoms with Crippen LogP contribution in [0.5, 0.6) is 0 Å². The number of hydrogen-bond acceptors (Lipinski definition) is 8. The predicted octanol–water partition coefficient (Wildman–Crippen LogP) is 4.46. The van der Waals surface area contributed by atoms with Gasteiger partial charge in [0, 0.05) is 24.8 Å². The number of alkyl carbamates (subject to hydrolysis) is 2. The second kappa shape index (κ2) is 16.6. The van der Waals surface area contributed by atoms with Gasteiger partial charge in [0.25, 0.3) is 5.91 Å². The molecule has 45 heavy (non-hydrogen) atoms. The highest BCUT2D eigenvalue weighted by molar-refractivity contribution is 5.85. The molecule has 0 unspecified atom stereocenters. The van der Waals surface area contributed by atoms with Crippen LogP contribution in [0.15, 0.2) is 79.0 Å². The van der Waals surface area contributed by atoms with Gasteiger partial charge in [0.15, 0.2) is 0 Å². The molecule has 1 heterocycles. The number of carbonyl (C=O) groups is 3. The average Bonchev–Trinajstić information content (AvgIpc) is 2.99. The van der Waals surface area contributed by atoms with E-state index >= 15 is 0 Å². The summed E-state index contributed by atoms with van der Waals surface area (Å²) >= 11 is 0. The summed E-state index contributed by atoms with van der Waals surface area (Å²) in [4.78, 5) is 42.6. The molecule has 11 heteroatoms. The molecule has 0 aliphatic heterocycles. The lowest BCUT2D eigenvalue weighted by Gasteiger charge is -2.32. The van der Waals surface area contributed by atoms with Crippen LogP contribution in [-0.2, 0) is 27.2 Å². The molecule has 0 radical (unpaired) electrons. The zero-order valence-corrected chi connectivity index (χ0v) is 26.8. The summed E-state index contributed by atoms with van der Waals surface area (Å²) in [5, 5.41) is 18.5. The summed E-state index contributed by atoms with van der Waals surface area (Å²) in [6, 6.07) is 21.2. The maximum atomic E-state index is 13.4. The Balaban J connectivity index is 1.86. The summed E-state index contributed by atoms with van der Waals surface area (Å²) in [5.41, 5.74) is 5.66. The molecule has 3 amide bonds. The number of benzene rings is 2. The molecule has 11 nitrogen and oxygen atoms in total. The van der Waals surface area contributed by atoms with Crippen LogP contribution < -0.4 is 16.1 Å². The summed E-state index contributed by atoms with van der Waals surface area (Å²) < 4.78 is 10.2. The Labute approximate surface area is 265 Å². The highest BCUT2D eigenvalue weighted by Crippen LogP contribution is 2.18. The number of ether oxygens (including phenoxy) is 2. The van der Waals surface area contributed by atoms with Gasteiger partial charge in [-0.15, -0.1) is 0 Å². The molecule has 0 fully saturated rings.